The van der Waals surface area contributed by atoms with E-state index in [2.05, 4.69) is 17.1 Å². The molecule has 2 heterocycles. The molecule has 18 heavy (non-hydrogen) atoms. The Bertz CT molecular complexity index is 267. The zero-order chi connectivity index (χ0) is 12.8. The third kappa shape index (κ3) is 4.23. The lowest BCUT2D eigenvalue weighted by molar-refractivity contribution is -0.131. The number of nitrogens with one attached hydrogen (secondary N) is 1. The first-order valence-electron chi connectivity index (χ1n) is 7.07. The summed E-state index contributed by atoms with van der Waals surface area (Å²) in [6.07, 6.45) is 1.71. The molecule has 5 heteroatoms. The lowest BCUT2D eigenvalue weighted by atomic mass is 10.2. The maximum Gasteiger partial charge on any atom is 0.223 e. The second-order valence-electron chi connectivity index (χ2n) is 5.25. The standard InChI is InChI=1S/C13H25N3O2/c1-12-11-16(5-2-4-14-12)13(17)3-6-15-7-9-18-10-8-15/h12,14H,2-11H2,1H3. The Hall–Kier alpha value is -0.650. The van der Waals surface area contributed by atoms with Crippen molar-refractivity contribution in [3.8, 4) is 0 Å². The number of hydrogen-bond donors (Lipinski definition) is 1. The van der Waals surface area contributed by atoms with Crippen LogP contribution in [0.1, 0.15) is 19.8 Å². The van der Waals surface area contributed by atoms with Gasteiger partial charge < -0.3 is 15.0 Å². The van der Waals surface area contributed by atoms with E-state index >= 15 is 0 Å². The molecule has 2 aliphatic heterocycles. The first-order valence-corrected chi connectivity index (χ1v) is 7.07. The van der Waals surface area contributed by atoms with Crippen LogP contribution in [0.3, 0.4) is 0 Å². The highest BCUT2D eigenvalue weighted by atomic mass is 16.5. The van der Waals surface area contributed by atoms with E-state index in [1.807, 2.05) is 4.90 Å². The van der Waals surface area contributed by atoms with E-state index in [-0.39, 0.29) is 0 Å². The summed E-state index contributed by atoms with van der Waals surface area (Å²) in [4.78, 5) is 16.5. The summed E-state index contributed by atoms with van der Waals surface area (Å²) in [5, 5.41) is 3.41. The van der Waals surface area contributed by atoms with Crippen molar-refractivity contribution in [2.24, 2.45) is 0 Å². The fourth-order valence-electron chi connectivity index (χ4n) is 2.57. The summed E-state index contributed by atoms with van der Waals surface area (Å²) in [6.45, 7) is 9.33. The lowest BCUT2D eigenvalue weighted by Gasteiger charge is -2.28. The van der Waals surface area contributed by atoms with Gasteiger partial charge in [0.15, 0.2) is 0 Å². The predicted octanol–water partition coefficient (Wildman–Crippen LogP) is -0.0809. The van der Waals surface area contributed by atoms with Crippen molar-refractivity contribution in [3.63, 3.8) is 0 Å². The molecule has 0 bridgehead atoms. The first kappa shape index (κ1) is 13.8. The quantitative estimate of drug-likeness (QED) is 0.766. The molecule has 1 amide bonds. The van der Waals surface area contributed by atoms with Crippen molar-refractivity contribution in [2.45, 2.75) is 25.8 Å². The number of morpholine rings is 1. The van der Waals surface area contributed by atoms with Gasteiger partial charge in [-0.05, 0) is 19.9 Å². The van der Waals surface area contributed by atoms with Gasteiger partial charge in [0.2, 0.25) is 5.91 Å². The van der Waals surface area contributed by atoms with Crippen LogP contribution in [0.15, 0.2) is 0 Å². The molecule has 0 radical (unpaired) electrons. The van der Waals surface area contributed by atoms with Crippen molar-refractivity contribution >= 4 is 5.91 Å². The topological polar surface area (TPSA) is 44.8 Å². The molecule has 0 saturated carbocycles. The Morgan fingerprint density at radius 3 is 2.89 bits per heavy atom. The number of carbonyl (C=O) groups is 1. The minimum atomic E-state index is 0.303. The Morgan fingerprint density at radius 2 is 2.11 bits per heavy atom. The zero-order valence-corrected chi connectivity index (χ0v) is 11.4. The van der Waals surface area contributed by atoms with Crippen LogP contribution in [0, 0.1) is 0 Å². The van der Waals surface area contributed by atoms with E-state index in [0.29, 0.717) is 18.4 Å². The van der Waals surface area contributed by atoms with Gasteiger partial charge in [-0.3, -0.25) is 9.69 Å². The highest BCUT2D eigenvalue weighted by Gasteiger charge is 2.20. The van der Waals surface area contributed by atoms with Gasteiger partial charge in [0.1, 0.15) is 0 Å². The van der Waals surface area contributed by atoms with E-state index in [4.69, 9.17) is 4.74 Å². The monoisotopic (exact) mass is 255 g/mol. The summed E-state index contributed by atoms with van der Waals surface area (Å²) < 4.78 is 5.31. The Balaban J connectivity index is 1.72. The van der Waals surface area contributed by atoms with Gasteiger partial charge in [0, 0.05) is 45.2 Å². The number of hydrogen-bond acceptors (Lipinski definition) is 4. The second-order valence-corrected chi connectivity index (χ2v) is 5.25. The summed E-state index contributed by atoms with van der Waals surface area (Å²) >= 11 is 0. The summed E-state index contributed by atoms with van der Waals surface area (Å²) in [5.74, 6) is 0.303. The van der Waals surface area contributed by atoms with E-state index in [1.165, 1.54) is 0 Å². The number of carbonyl (C=O) groups excluding carboxylic acids is 1. The third-order valence-electron chi connectivity index (χ3n) is 3.69. The minimum Gasteiger partial charge on any atom is -0.379 e. The Kier molecular flexibility index (Phi) is 5.41. The third-order valence-corrected chi connectivity index (χ3v) is 3.69. The SMILES string of the molecule is CC1CN(C(=O)CCN2CCOCC2)CCCN1. The van der Waals surface area contributed by atoms with Crippen molar-refractivity contribution in [1.82, 2.24) is 15.1 Å². The largest absolute Gasteiger partial charge is 0.379 e. The molecule has 0 aliphatic carbocycles. The van der Waals surface area contributed by atoms with Crippen molar-refractivity contribution in [1.29, 1.82) is 0 Å². The van der Waals surface area contributed by atoms with Crippen LogP contribution in [-0.2, 0) is 9.53 Å². The van der Waals surface area contributed by atoms with Gasteiger partial charge in [-0.15, -0.1) is 0 Å². The molecular formula is C13H25N3O2. The van der Waals surface area contributed by atoms with Crippen LogP contribution in [0.25, 0.3) is 0 Å². The first-order chi connectivity index (χ1) is 8.75. The molecule has 2 aliphatic rings. The van der Waals surface area contributed by atoms with E-state index in [9.17, 15) is 4.79 Å². The summed E-state index contributed by atoms with van der Waals surface area (Å²) in [5.41, 5.74) is 0. The molecule has 5 nitrogen and oxygen atoms in total. The number of nitrogens with zero attached hydrogens (tertiary/aromatic N) is 2. The maximum atomic E-state index is 12.2. The maximum absolute atomic E-state index is 12.2. The van der Waals surface area contributed by atoms with E-state index in [1.54, 1.807) is 0 Å². The molecule has 0 spiro atoms. The minimum absolute atomic E-state index is 0.303. The Labute approximate surface area is 109 Å². The van der Waals surface area contributed by atoms with Crippen LogP contribution in [0.2, 0.25) is 0 Å². The fourth-order valence-corrected chi connectivity index (χ4v) is 2.57. The highest BCUT2D eigenvalue weighted by molar-refractivity contribution is 5.76. The molecule has 1 N–H and O–H groups in total. The molecule has 104 valence electrons. The smallest absolute Gasteiger partial charge is 0.223 e. The van der Waals surface area contributed by atoms with Gasteiger partial charge in [-0.2, -0.15) is 0 Å². The second kappa shape index (κ2) is 7.07. The average Bonchev–Trinajstić information content (AvgIpc) is 2.62. The number of rotatable bonds is 3. The molecule has 2 fully saturated rings. The van der Waals surface area contributed by atoms with Gasteiger partial charge in [-0.25, -0.2) is 0 Å². The zero-order valence-electron chi connectivity index (χ0n) is 11.4. The molecule has 0 aromatic heterocycles. The van der Waals surface area contributed by atoms with Crippen LogP contribution in [-0.4, -0.2) is 74.2 Å². The summed E-state index contributed by atoms with van der Waals surface area (Å²) in [6, 6.07) is 0.417. The fraction of sp³-hybridized carbons (Fsp3) is 0.923. The predicted molar refractivity (Wildman–Crippen MR) is 70.5 cm³/mol. The average molecular weight is 255 g/mol. The molecule has 2 saturated heterocycles. The molecule has 0 aromatic carbocycles. The lowest BCUT2D eigenvalue weighted by Crippen LogP contribution is -2.42. The van der Waals surface area contributed by atoms with Crippen molar-refractivity contribution in [2.75, 3.05) is 52.5 Å². The van der Waals surface area contributed by atoms with E-state index in [0.717, 1.165) is 58.9 Å². The molecule has 2 rings (SSSR count). The van der Waals surface area contributed by atoms with Gasteiger partial charge in [-0.1, -0.05) is 0 Å². The van der Waals surface area contributed by atoms with Gasteiger partial charge >= 0.3 is 0 Å². The molecular weight excluding hydrogens is 230 g/mol. The molecule has 1 unspecified atom stereocenters. The number of amides is 1. The Morgan fingerprint density at radius 1 is 1.33 bits per heavy atom. The van der Waals surface area contributed by atoms with Gasteiger partial charge in [0.05, 0.1) is 13.2 Å². The van der Waals surface area contributed by atoms with Crippen molar-refractivity contribution < 1.29 is 9.53 Å². The molecule has 0 aromatic rings. The van der Waals surface area contributed by atoms with Gasteiger partial charge in [0.25, 0.3) is 0 Å². The molecule has 1 atom stereocenters. The van der Waals surface area contributed by atoms with Crippen LogP contribution in [0.4, 0.5) is 0 Å². The van der Waals surface area contributed by atoms with E-state index < -0.39 is 0 Å². The normalized spacial score (nSPS) is 26.9. The van der Waals surface area contributed by atoms with Crippen molar-refractivity contribution in [3.05, 3.63) is 0 Å². The van der Waals surface area contributed by atoms with Crippen LogP contribution < -0.4 is 5.32 Å². The highest BCUT2D eigenvalue weighted by Crippen LogP contribution is 2.05. The number of ether oxygens (including phenoxy) is 1. The summed E-state index contributed by atoms with van der Waals surface area (Å²) in [7, 11) is 0. The van der Waals surface area contributed by atoms with Crippen LogP contribution >= 0.6 is 0 Å². The van der Waals surface area contributed by atoms with Crippen LogP contribution in [0.5, 0.6) is 0 Å².